The number of fused-ring (bicyclic) bond motifs is 1. The second kappa shape index (κ2) is 12.6. The molecule has 4 N–H and O–H groups in total. The number of ether oxygens (including phenoxy) is 1. The molecule has 0 unspecified atom stereocenters. The van der Waals surface area contributed by atoms with Gasteiger partial charge >= 0.3 is 0 Å². The topological polar surface area (TPSA) is 143 Å². The lowest BCUT2D eigenvalue weighted by Crippen LogP contribution is -2.38. The Bertz CT molecular complexity index is 1520. The molecule has 2 aliphatic rings. The highest BCUT2D eigenvalue weighted by Crippen LogP contribution is 2.37. The number of ketones is 1. The van der Waals surface area contributed by atoms with Crippen LogP contribution in [0.3, 0.4) is 0 Å². The summed E-state index contributed by atoms with van der Waals surface area (Å²) >= 11 is 6.68. The molecule has 12 heteroatoms. The second-order valence-electron chi connectivity index (χ2n) is 10.7. The average molecular weight is 593 g/mol. The molecule has 2 aliphatic heterocycles. The van der Waals surface area contributed by atoms with Gasteiger partial charge in [0, 0.05) is 61.2 Å². The molecule has 0 saturated carbocycles. The van der Waals surface area contributed by atoms with Crippen LogP contribution in [-0.2, 0) is 17.9 Å². The third-order valence-electron chi connectivity index (χ3n) is 7.49. The van der Waals surface area contributed by atoms with Crippen molar-refractivity contribution in [2.75, 3.05) is 43.1 Å². The SMILES string of the molecule is CCC(=O)C(=C(C)N)c1nc(-c2cc(OC[C@H](O)CNC)ccc2Cl)nc(N2Cc3cnc(N4CCC4)nc3C2)c1C. The fourth-order valence-electron chi connectivity index (χ4n) is 5.11. The summed E-state index contributed by atoms with van der Waals surface area (Å²) in [4.78, 5) is 36.7. The van der Waals surface area contributed by atoms with Crippen molar-refractivity contribution in [3.05, 3.63) is 57.6 Å². The normalized spacial score (nSPS) is 15.7. The largest absolute Gasteiger partial charge is 0.491 e. The van der Waals surface area contributed by atoms with E-state index in [1.807, 2.05) is 13.1 Å². The predicted octanol–water partition coefficient (Wildman–Crippen LogP) is 3.25. The number of benzene rings is 1. The zero-order valence-corrected chi connectivity index (χ0v) is 25.2. The van der Waals surface area contributed by atoms with E-state index in [0.717, 1.165) is 42.3 Å². The van der Waals surface area contributed by atoms with Crippen molar-refractivity contribution in [1.29, 1.82) is 0 Å². The molecule has 3 aromatic rings. The first-order valence-corrected chi connectivity index (χ1v) is 14.6. The lowest BCUT2D eigenvalue weighted by Gasteiger charge is -2.30. The molecule has 0 amide bonds. The summed E-state index contributed by atoms with van der Waals surface area (Å²) in [5.74, 6) is 2.15. The van der Waals surface area contributed by atoms with Crippen LogP contribution in [0.5, 0.6) is 5.75 Å². The number of carbonyl (C=O) groups excluding carboxylic acids is 1. The molecule has 0 aliphatic carbocycles. The molecular weight excluding hydrogens is 556 g/mol. The lowest BCUT2D eigenvalue weighted by atomic mass is 9.99. The Morgan fingerprint density at radius 2 is 2.00 bits per heavy atom. The van der Waals surface area contributed by atoms with Crippen molar-refractivity contribution >= 4 is 34.7 Å². The van der Waals surface area contributed by atoms with Crippen LogP contribution in [0.4, 0.5) is 11.8 Å². The summed E-state index contributed by atoms with van der Waals surface area (Å²) in [5.41, 5.74) is 10.8. The molecule has 222 valence electrons. The number of aromatic nitrogens is 4. The minimum absolute atomic E-state index is 0.101. The molecule has 2 aromatic heterocycles. The van der Waals surface area contributed by atoms with Crippen LogP contribution in [0.2, 0.25) is 5.02 Å². The third-order valence-corrected chi connectivity index (χ3v) is 7.82. The number of Topliss-reactive ketones (excluding diaryl/α,β-unsaturated/α-hetero) is 1. The van der Waals surface area contributed by atoms with Crippen molar-refractivity contribution in [2.24, 2.45) is 5.73 Å². The van der Waals surface area contributed by atoms with E-state index in [1.165, 1.54) is 0 Å². The summed E-state index contributed by atoms with van der Waals surface area (Å²) in [7, 11) is 1.76. The van der Waals surface area contributed by atoms with Gasteiger partial charge in [-0.3, -0.25) is 4.79 Å². The number of nitrogens with two attached hydrogens (primary N) is 1. The van der Waals surface area contributed by atoms with E-state index in [-0.39, 0.29) is 18.8 Å². The molecule has 1 saturated heterocycles. The van der Waals surface area contributed by atoms with Gasteiger partial charge in [-0.05, 0) is 45.5 Å². The van der Waals surface area contributed by atoms with Gasteiger partial charge in [-0.1, -0.05) is 18.5 Å². The molecule has 4 heterocycles. The monoisotopic (exact) mass is 592 g/mol. The van der Waals surface area contributed by atoms with Gasteiger partial charge in [-0.2, -0.15) is 0 Å². The van der Waals surface area contributed by atoms with Gasteiger partial charge in [0.1, 0.15) is 24.3 Å². The van der Waals surface area contributed by atoms with Gasteiger partial charge in [-0.25, -0.2) is 19.9 Å². The zero-order chi connectivity index (χ0) is 30.0. The highest BCUT2D eigenvalue weighted by Gasteiger charge is 2.29. The summed E-state index contributed by atoms with van der Waals surface area (Å²) in [5, 5.41) is 13.4. The van der Waals surface area contributed by atoms with Gasteiger partial charge in [0.15, 0.2) is 11.6 Å². The summed E-state index contributed by atoms with van der Waals surface area (Å²) < 4.78 is 5.83. The van der Waals surface area contributed by atoms with E-state index < -0.39 is 6.10 Å². The fourth-order valence-corrected chi connectivity index (χ4v) is 5.31. The molecule has 0 radical (unpaired) electrons. The van der Waals surface area contributed by atoms with Crippen LogP contribution in [-0.4, -0.2) is 70.2 Å². The molecule has 5 rings (SSSR count). The number of allylic oxidation sites excluding steroid dienone is 2. The Morgan fingerprint density at radius 3 is 2.67 bits per heavy atom. The quantitative estimate of drug-likeness (QED) is 0.282. The molecule has 11 nitrogen and oxygen atoms in total. The van der Waals surface area contributed by atoms with Gasteiger partial charge in [0.2, 0.25) is 5.95 Å². The Hall–Kier alpha value is -3.80. The first-order valence-electron chi connectivity index (χ1n) is 14.2. The van der Waals surface area contributed by atoms with Crippen molar-refractivity contribution in [3.8, 4) is 17.1 Å². The van der Waals surface area contributed by atoms with Crippen LogP contribution in [0.15, 0.2) is 30.1 Å². The number of nitrogens with one attached hydrogen (secondary N) is 1. The van der Waals surface area contributed by atoms with Crippen LogP contribution in [0, 0.1) is 6.92 Å². The third kappa shape index (κ3) is 6.04. The Kier molecular flexibility index (Phi) is 8.91. The van der Waals surface area contributed by atoms with Crippen molar-refractivity contribution in [1.82, 2.24) is 25.3 Å². The van der Waals surface area contributed by atoms with Crippen LogP contribution < -0.4 is 25.6 Å². The molecule has 0 bridgehead atoms. The van der Waals surface area contributed by atoms with Gasteiger partial charge in [0.25, 0.3) is 0 Å². The molecule has 0 spiro atoms. The fraction of sp³-hybridized carbons (Fsp3) is 0.433. The van der Waals surface area contributed by atoms with E-state index in [4.69, 9.17) is 37.0 Å². The van der Waals surface area contributed by atoms with Gasteiger partial charge in [-0.15, -0.1) is 0 Å². The number of aliphatic hydroxyl groups excluding tert-OH is 1. The molecule has 1 aromatic carbocycles. The maximum Gasteiger partial charge on any atom is 0.225 e. The number of anilines is 2. The average Bonchev–Trinajstić information content (AvgIpc) is 3.36. The first kappa shape index (κ1) is 29.7. The number of likely N-dealkylation sites (N-methyl/N-ethyl adjacent to an activating group) is 1. The van der Waals surface area contributed by atoms with Crippen molar-refractivity contribution in [3.63, 3.8) is 0 Å². The molecular formula is C30H37ClN8O3. The number of carbonyl (C=O) groups is 1. The lowest BCUT2D eigenvalue weighted by molar-refractivity contribution is -0.113. The minimum atomic E-state index is -0.676. The predicted molar refractivity (Wildman–Crippen MR) is 163 cm³/mol. The van der Waals surface area contributed by atoms with E-state index in [9.17, 15) is 9.90 Å². The maximum absolute atomic E-state index is 13.1. The minimum Gasteiger partial charge on any atom is -0.491 e. The summed E-state index contributed by atoms with van der Waals surface area (Å²) in [6.45, 7) is 8.96. The standard InChI is InChI=1S/C30H37ClN8O3/c1-5-25(41)26(18(3)32)27-17(2)29(39-14-19-12-34-30(35-24(19)15-39)38-9-6-10-38)37-28(36-27)22-11-21(7-8-23(22)31)42-16-20(40)13-33-4/h7-8,11-12,20,33,40H,5-6,9-10,13-16,32H2,1-4H3/t20-/m1/s1. The van der Waals surface area contributed by atoms with Crippen LogP contribution in [0.25, 0.3) is 17.0 Å². The number of rotatable bonds is 11. The van der Waals surface area contributed by atoms with Crippen LogP contribution >= 0.6 is 11.6 Å². The molecule has 1 fully saturated rings. The number of nitrogens with zero attached hydrogens (tertiary/aromatic N) is 6. The highest BCUT2D eigenvalue weighted by molar-refractivity contribution is 6.33. The number of aliphatic hydroxyl groups is 1. The molecule has 42 heavy (non-hydrogen) atoms. The number of hydrogen-bond donors (Lipinski definition) is 3. The van der Waals surface area contributed by atoms with E-state index in [2.05, 4.69) is 20.1 Å². The second-order valence-corrected chi connectivity index (χ2v) is 11.1. The number of halogens is 1. The maximum atomic E-state index is 13.1. The summed E-state index contributed by atoms with van der Waals surface area (Å²) in [6.07, 6.45) is 2.65. The van der Waals surface area contributed by atoms with Gasteiger partial charge < -0.3 is 30.7 Å². The summed E-state index contributed by atoms with van der Waals surface area (Å²) in [6, 6.07) is 5.19. The Balaban J connectivity index is 1.57. The van der Waals surface area contributed by atoms with Crippen molar-refractivity contribution < 1.29 is 14.6 Å². The Labute approximate surface area is 250 Å². The highest BCUT2D eigenvalue weighted by atomic mass is 35.5. The van der Waals surface area contributed by atoms with Crippen molar-refractivity contribution in [2.45, 2.75) is 52.8 Å². The zero-order valence-electron chi connectivity index (χ0n) is 24.4. The van der Waals surface area contributed by atoms with E-state index in [1.54, 1.807) is 39.1 Å². The molecule has 1 atom stereocenters. The van der Waals surface area contributed by atoms with Gasteiger partial charge in [0.05, 0.1) is 28.5 Å². The Morgan fingerprint density at radius 1 is 1.21 bits per heavy atom. The van der Waals surface area contributed by atoms with E-state index in [0.29, 0.717) is 64.6 Å². The smallest absolute Gasteiger partial charge is 0.225 e. The van der Waals surface area contributed by atoms with Crippen LogP contribution in [0.1, 0.15) is 49.2 Å². The number of hydrogen-bond acceptors (Lipinski definition) is 11. The first-order chi connectivity index (χ1) is 20.2. The van der Waals surface area contributed by atoms with E-state index >= 15 is 0 Å².